The number of nitro benzene ring substituents is 1. The SMILES string of the molecule is CCOc1cc(/C=C2/N=C(c3ccc([N+](=O)[O-])cc3)OC2=O)ccc1OC(=O)c1cc(OC)c(OC)c(OC)c1. The zero-order valence-corrected chi connectivity index (χ0v) is 22.0. The Hall–Kier alpha value is -5.39. The molecule has 3 aromatic carbocycles. The first-order valence-electron chi connectivity index (χ1n) is 11.8. The van der Waals surface area contributed by atoms with Crippen molar-refractivity contribution < 1.29 is 42.9 Å². The van der Waals surface area contributed by atoms with Gasteiger partial charge in [-0.25, -0.2) is 14.6 Å². The average molecular weight is 549 g/mol. The topological polar surface area (TPSA) is 145 Å². The molecule has 0 amide bonds. The summed E-state index contributed by atoms with van der Waals surface area (Å²) in [5, 5.41) is 10.9. The van der Waals surface area contributed by atoms with Crippen molar-refractivity contribution in [2.75, 3.05) is 27.9 Å². The fourth-order valence-corrected chi connectivity index (χ4v) is 3.74. The predicted molar refractivity (Wildman–Crippen MR) is 142 cm³/mol. The zero-order chi connectivity index (χ0) is 28.8. The Morgan fingerprint density at radius 2 is 1.62 bits per heavy atom. The van der Waals surface area contributed by atoms with Gasteiger partial charge in [-0.1, -0.05) is 6.07 Å². The van der Waals surface area contributed by atoms with Crippen molar-refractivity contribution in [2.45, 2.75) is 6.92 Å². The van der Waals surface area contributed by atoms with E-state index in [-0.39, 0.29) is 52.5 Å². The smallest absolute Gasteiger partial charge is 0.363 e. The largest absolute Gasteiger partial charge is 0.493 e. The van der Waals surface area contributed by atoms with Gasteiger partial charge in [-0.2, -0.15) is 0 Å². The van der Waals surface area contributed by atoms with Gasteiger partial charge in [0.15, 0.2) is 28.7 Å². The fraction of sp³-hybridized carbons (Fsp3) is 0.179. The Labute approximate surface area is 228 Å². The maximum atomic E-state index is 13.0. The molecule has 4 rings (SSSR count). The number of hydrogen-bond acceptors (Lipinski definition) is 11. The van der Waals surface area contributed by atoms with Gasteiger partial charge in [-0.05, 0) is 55.0 Å². The van der Waals surface area contributed by atoms with E-state index < -0.39 is 16.9 Å². The summed E-state index contributed by atoms with van der Waals surface area (Å²) in [7, 11) is 4.33. The summed E-state index contributed by atoms with van der Waals surface area (Å²) in [5.41, 5.74) is 1.00. The number of non-ortho nitro benzene ring substituents is 1. The number of methoxy groups -OCH3 is 3. The summed E-state index contributed by atoms with van der Waals surface area (Å²) >= 11 is 0. The number of esters is 2. The second-order valence-corrected chi connectivity index (χ2v) is 8.08. The van der Waals surface area contributed by atoms with Crippen LogP contribution in [0.25, 0.3) is 6.08 Å². The van der Waals surface area contributed by atoms with Crippen LogP contribution < -0.4 is 23.7 Å². The molecule has 12 heteroatoms. The molecule has 1 heterocycles. The second-order valence-electron chi connectivity index (χ2n) is 8.08. The standard InChI is InChI=1S/C28H24N2O10/c1-5-38-22-13-16(12-20-28(32)40-26(29-20)17-7-9-19(10-8-17)30(33)34)6-11-21(22)39-27(31)18-14-23(35-2)25(37-4)24(15-18)36-3/h6-15H,5H2,1-4H3/b20-12+. The highest BCUT2D eigenvalue weighted by Gasteiger charge is 2.25. The minimum absolute atomic E-state index is 0.0120. The minimum Gasteiger partial charge on any atom is -0.493 e. The van der Waals surface area contributed by atoms with Gasteiger partial charge >= 0.3 is 11.9 Å². The molecule has 0 N–H and O–H groups in total. The maximum Gasteiger partial charge on any atom is 0.363 e. The Morgan fingerprint density at radius 3 is 2.20 bits per heavy atom. The Morgan fingerprint density at radius 1 is 0.950 bits per heavy atom. The highest BCUT2D eigenvalue weighted by atomic mass is 16.6. The van der Waals surface area contributed by atoms with Crippen molar-refractivity contribution >= 4 is 29.6 Å². The first-order valence-corrected chi connectivity index (χ1v) is 11.8. The molecule has 0 aliphatic carbocycles. The number of rotatable bonds is 10. The van der Waals surface area contributed by atoms with Gasteiger partial charge in [0, 0.05) is 17.7 Å². The van der Waals surface area contributed by atoms with E-state index in [1.54, 1.807) is 19.1 Å². The number of nitro groups is 1. The summed E-state index contributed by atoms with van der Waals surface area (Å²) in [6, 6.07) is 13.1. The van der Waals surface area contributed by atoms with Gasteiger partial charge in [-0.3, -0.25) is 10.1 Å². The first kappa shape index (κ1) is 27.6. The molecule has 0 saturated carbocycles. The normalized spacial score (nSPS) is 13.3. The van der Waals surface area contributed by atoms with Crippen LogP contribution in [0.2, 0.25) is 0 Å². The van der Waals surface area contributed by atoms with Gasteiger partial charge in [-0.15, -0.1) is 0 Å². The van der Waals surface area contributed by atoms with E-state index in [1.807, 2.05) is 0 Å². The fourth-order valence-electron chi connectivity index (χ4n) is 3.74. The molecule has 40 heavy (non-hydrogen) atoms. The van der Waals surface area contributed by atoms with Crippen LogP contribution in [-0.4, -0.2) is 50.7 Å². The van der Waals surface area contributed by atoms with Crippen molar-refractivity contribution in [3.63, 3.8) is 0 Å². The van der Waals surface area contributed by atoms with E-state index >= 15 is 0 Å². The zero-order valence-electron chi connectivity index (χ0n) is 22.0. The molecule has 206 valence electrons. The maximum absolute atomic E-state index is 13.0. The number of nitrogens with zero attached hydrogens (tertiary/aromatic N) is 2. The molecule has 0 saturated heterocycles. The molecule has 3 aromatic rings. The van der Waals surface area contributed by atoms with E-state index in [9.17, 15) is 19.7 Å². The molecule has 0 atom stereocenters. The van der Waals surface area contributed by atoms with Crippen LogP contribution in [-0.2, 0) is 9.53 Å². The molecule has 0 aromatic heterocycles. The quantitative estimate of drug-likeness (QED) is 0.116. The van der Waals surface area contributed by atoms with Gasteiger partial charge in [0.1, 0.15) is 0 Å². The van der Waals surface area contributed by atoms with Crippen LogP contribution in [0.5, 0.6) is 28.7 Å². The third kappa shape index (κ3) is 5.85. The van der Waals surface area contributed by atoms with E-state index in [0.717, 1.165) is 0 Å². The Balaban J connectivity index is 1.59. The van der Waals surface area contributed by atoms with Crippen molar-refractivity contribution in [1.82, 2.24) is 0 Å². The van der Waals surface area contributed by atoms with Gasteiger partial charge in [0.2, 0.25) is 11.6 Å². The first-order chi connectivity index (χ1) is 19.3. The number of hydrogen-bond donors (Lipinski definition) is 0. The minimum atomic E-state index is -0.692. The summed E-state index contributed by atoms with van der Waals surface area (Å²) in [4.78, 5) is 40.0. The summed E-state index contributed by atoms with van der Waals surface area (Å²) < 4.78 is 32.4. The number of ether oxygens (including phenoxy) is 6. The second kappa shape index (κ2) is 12.0. The lowest BCUT2D eigenvalue weighted by molar-refractivity contribution is -0.384. The molecule has 1 aliphatic rings. The van der Waals surface area contributed by atoms with Crippen LogP contribution in [0.4, 0.5) is 5.69 Å². The van der Waals surface area contributed by atoms with Crippen LogP contribution in [0.3, 0.4) is 0 Å². The predicted octanol–water partition coefficient (Wildman–Crippen LogP) is 4.58. The van der Waals surface area contributed by atoms with Gasteiger partial charge in [0.25, 0.3) is 5.69 Å². The molecule has 0 bridgehead atoms. The molecular weight excluding hydrogens is 524 g/mol. The number of carbonyl (C=O) groups excluding carboxylic acids is 2. The number of cyclic esters (lactones) is 1. The van der Waals surface area contributed by atoms with Gasteiger partial charge in [0.05, 0.1) is 38.4 Å². The lowest BCUT2D eigenvalue weighted by Crippen LogP contribution is -2.11. The third-order valence-electron chi connectivity index (χ3n) is 5.62. The van der Waals surface area contributed by atoms with Crippen LogP contribution >= 0.6 is 0 Å². The molecule has 1 aliphatic heterocycles. The Bertz CT molecular complexity index is 1500. The van der Waals surface area contributed by atoms with Crippen molar-refractivity contribution in [3.8, 4) is 28.7 Å². The molecular formula is C28H24N2O10. The van der Waals surface area contributed by atoms with E-state index in [4.69, 9.17) is 28.4 Å². The summed E-state index contributed by atoms with van der Waals surface area (Å²) in [6.45, 7) is 2.05. The lowest BCUT2D eigenvalue weighted by Gasteiger charge is -2.15. The number of aliphatic imine (C=N–C) groups is 1. The van der Waals surface area contributed by atoms with Gasteiger partial charge < -0.3 is 28.4 Å². The highest BCUT2D eigenvalue weighted by molar-refractivity contribution is 6.13. The molecule has 0 spiro atoms. The average Bonchev–Trinajstić information content (AvgIpc) is 3.33. The summed E-state index contributed by atoms with van der Waals surface area (Å²) in [5.74, 6) is -0.0516. The van der Waals surface area contributed by atoms with E-state index in [2.05, 4.69) is 4.99 Å². The molecule has 0 fully saturated rings. The highest BCUT2D eigenvalue weighted by Crippen LogP contribution is 2.39. The summed E-state index contributed by atoms with van der Waals surface area (Å²) in [6.07, 6.45) is 1.48. The molecule has 0 radical (unpaired) electrons. The van der Waals surface area contributed by atoms with E-state index in [1.165, 1.54) is 69.9 Å². The van der Waals surface area contributed by atoms with Crippen molar-refractivity contribution in [3.05, 3.63) is 87.1 Å². The van der Waals surface area contributed by atoms with Crippen LogP contribution in [0, 0.1) is 10.1 Å². The Kier molecular flexibility index (Phi) is 8.28. The lowest BCUT2D eigenvalue weighted by atomic mass is 10.1. The third-order valence-corrected chi connectivity index (χ3v) is 5.62. The molecule has 0 unspecified atom stereocenters. The van der Waals surface area contributed by atoms with Crippen LogP contribution in [0.15, 0.2) is 65.3 Å². The number of benzene rings is 3. The molecule has 12 nitrogen and oxygen atoms in total. The van der Waals surface area contributed by atoms with E-state index in [0.29, 0.717) is 16.9 Å². The van der Waals surface area contributed by atoms with Crippen LogP contribution in [0.1, 0.15) is 28.4 Å². The monoisotopic (exact) mass is 548 g/mol. The number of carbonyl (C=O) groups is 2. The van der Waals surface area contributed by atoms with Crippen molar-refractivity contribution in [2.24, 2.45) is 4.99 Å². The van der Waals surface area contributed by atoms with Crippen molar-refractivity contribution in [1.29, 1.82) is 0 Å².